The second kappa shape index (κ2) is 10.1. The van der Waals surface area contributed by atoms with Gasteiger partial charge in [-0.25, -0.2) is 4.79 Å². The second-order valence-corrected chi connectivity index (χ2v) is 7.51. The molecule has 1 heterocycles. The monoisotopic (exact) mass is 397 g/mol. The lowest BCUT2D eigenvalue weighted by Crippen LogP contribution is -2.32. The van der Waals surface area contributed by atoms with Gasteiger partial charge in [0, 0.05) is 24.1 Å². The van der Waals surface area contributed by atoms with Crippen LogP contribution >= 0.6 is 0 Å². The summed E-state index contributed by atoms with van der Waals surface area (Å²) in [6, 6.07) is 13.9. The van der Waals surface area contributed by atoms with Gasteiger partial charge in [-0.1, -0.05) is 32.0 Å². The number of fused-ring (bicyclic) bond motifs is 1. The Morgan fingerprint density at radius 1 is 1.10 bits per heavy atom. The van der Waals surface area contributed by atoms with Gasteiger partial charge in [0.1, 0.15) is 11.2 Å². The summed E-state index contributed by atoms with van der Waals surface area (Å²) < 4.78 is 11.0. The summed E-state index contributed by atoms with van der Waals surface area (Å²) >= 11 is 0. The van der Waals surface area contributed by atoms with Crippen molar-refractivity contribution in [2.24, 2.45) is 0 Å². The number of aliphatic hydroxyl groups excluding tert-OH is 1. The number of carbonyl (C=O) groups is 1. The first-order valence-corrected chi connectivity index (χ1v) is 10.0. The highest BCUT2D eigenvalue weighted by atomic mass is 16.6. The Balaban J connectivity index is 0.00000145. The van der Waals surface area contributed by atoms with Crippen molar-refractivity contribution < 1.29 is 19.1 Å². The fourth-order valence-electron chi connectivity index (χ4n) is 2.97. The van der Waals surface area contributed by atoms with Crippen LogP contribution in [0.15, 0.2) is 53.1 Å². The van der Waals surface area contributed by atoms with E-state index in [2.05, 4.69) is 5.32 Å². The number of aliphatic hydroxyl groups is 1. The third kappa shape index (κ3) is 6.36. The van der Waals surface area contributed by atoms with Crippen LogP contribution in [0.5, 0.6) is 0 Å². The van der Waals surface area contributed by atoms with Crippen molar-refractivity contribution in [3.63, 3.8) is 0 Å². The van der Waals surface area contributed by atoms with Gasteiger partial charge in [-0.05, 0) is 68.1 Å². The molecule has 3 aromatic rings. The van der Waals surface area contributed by atoms with Gasteiger partial charge in [0.15, 0.2) is 0 Å². The summed E-state index contributed by atoms with van der Waals surface area (Å²) in [4.78, 5) is 11.9. The maximum Gasteiger partial charge on any atom is 0.407 e. The molecular formula is C24H31NO4. The molecule has 0 saturated heterocycles. The van der Waals surface area contributed by atoms with Crippen molar-refractivity contribution in [3.8, 4) is 11.1 Å². The molecule has 0 fully saturated rings. The van der Waals surface area contributed by atoms with E-state index in [1.54, 1.807) is 6.26 Å². The fourth-order valence-corrected chi connectivity index (χ4v) is 2.97. The number of hydrogen-bond acceptors (Lipinski definition) is 4. The number of hydrogen-bond donors (Lipinski definition) is 2. The number of nitrogens with one attached hydrogen (secondary N) is 1. The highest BCUT2D eigenvalue weighted by Gasteiger charge is 2.16. The van der Waals surface area contributed by atoms with Crippen LogP contribution in [0.1, 0.15) is 45.7 Å². The van der Waals surface area contributed by atoms with Crippen LogP contribution in [0.3, 0.4) is 0 Å². The highest BCUT2D eigenvalue weighted by Crippen LogP contribution is 2.31. The van der Waals surface area contributed by atoms with E-state index in [0.717, 1.165) is 33.2 Å². The summed E-state index contributed by atoms with van der Waals surface area (Å²) in [7, 11) is 0. The van der Waals surface area contributed by atoms with E-state index in [-0.39, 0.29) is 6.61 Å². The fraction of sp³-hybridized carbons (Fsp3) is 0.375. The van der Waals surface area contributed by atoms with E-state index >= 15 is 0 Å². The van der Waals surface area contributed by atoms with E-state index in [9.17, 15) is 9.90 Å². The molecule has 29 heavy (non-hydrogen) atoms. The molecule has 0 atom stereocenters. The smallest absolute Gasteiger partial charge is 0.407 e. The molecule has 0 saturated carbocycles. The van der Waals surface area contributed by atoms with Gasteiger partial charge in [-0.2, -0.15) is 0 Å². The van der Waals surface area contributed by atoms with Crippen LogP contribution in [0.2, 0.25) is 0 Å². The quantitative estimate of drug-likeness (QED) is 0.580. The van der Waals surface area contributed by atoms with E-state index in [0.29, 0.717) is 13.0 Å². The number of carbonyl (C=O) groups excluding carboxylic acids is 1. The minimum atomic E-state index is -0.524. The Morgan fingerprint density at radius 3 is 2.55 bits per heavy atom. The topological polar surface area (TPSA) is 71.7 Å². The molecule has 2 N–H and O–H groups in total. The normalized spacial score (nSPS) is 11.0. The number of alkyl carbamates (subject to hydrolysis) is 1. The number of ether oxygens (including phenoxy) is 1. The average molecular weight is 398 g/mol. The summed E-state index contributed by atoms with van der Waals surface area (Å²) in [6.45, 7) is 9.98. The first kappa shape index (κ1) is 22.5. The summed E-state index contributed by atoms with van der Waals surface area (Å²) in [5.74, 6) is 0. The van der Waals surface area contributed by atoms with Crippen molar-refractivity contribution in [2.45, 2.75) is 53.2 Å². The van der Waals surface area contributed by atoms with Crippen LogP contribution in [-0.4, -0.2) is 23.4 Å². The molecule has 0 aliphatic heterocycles. The lowest BCUT2D eigenvalue weighted by atomic mass is 9.98. The molecule has 0 unspecified atom stereocenters. The molecule has 1 aromatic heterocycles. The minimum absolute atomic E-state index is 0.0998. The molecular weight excluding hydrogens is 366 g/mol. The van der Waals surface area contributed by atoms with Gasteiger partial charge in [0.2, 0.25) is 0 Å². The SMILES string of the molecule is CC.CC(C)(C)OC(=O)NCc1cccc(-c2cc(CCO)cc3ccoc23)c1. The number of furan rings is 1. The minimum Gasteiger partial charge on any atom is -0.464 e. The predicted octanol–water partition coefficient (Wildman–Crippen LogP) is 5.69. The van der Waals surface area contributed by atoms with E-state index in [1.165, 1.54) is 0 Å². The molecule has 0 aliphatic carbocycles. The molecule has 0 aliphatic rings. The first-order chi connectivity index (χ1) is 13.9. The average Bonchev–Trinajstić information content (AvgIpc) is 3.15. The maximum absolute atomic E-state index is 11.9. The van der Waals surface area contributed by atoms with Crippen LogP contribution < -0.4 is 5.32 Å². The number of rotatable bonds is 5. The third-order valence-corrected chi connectivity index (χ3v) is 4.09. The molecule has 1 amide bonds. The van der Waals surface area contributed by atoms with Crippen molar-refractivity contribution in [1.29, 1.82) is 0 Å². The zero-order chi connectivity index (χ0) is 21.4. The van der Waals surface area contributed by atoms with Crippen molar-refractivity contribution in [1.82, 2.24) is 5.32 Å². The Bertz CT molecular complexity index is 937. The van der Waals surface area contributed by atoms with Gasteiger partial charge < -0.3 is 19.6 Å². The Morgan fingerprint density at radius 2 is 1.86 bits per heavy atom. The molecule has 156 valence electrons. The van der Waals surface area contributed by atoms with Crippen LogP contribution in [-0.2, 0) is 17.7 Å². The predicted molar refractivity (Wildman–Crippen MR) is 117 cm³/mol. The first-order valence-electron chi connectivity index (χ1n) is 10.0. The van der Waals surface area contributed by atoms with Crippen molar-refractivity contribution in [2.75, 3.05) is 6.61 Å². The van der Waals surface area contributed by atoms with Crippen LogP contribution in [0.4, 0.5) is 4.79 Å². The van der Waals surface area contributed by atoms with Crippen LogP contribution in [0.25, 0.3) is 22.1 Å². The molecule has 3 rings (SSSR count). The zero-order valence-electron chi connectivity index (χ0n) is 17.9. The van der Waals surface area contributed by atoms with E-state index < -0.39 is 11.7 Å². The van der Waals surface area contributed by atoms with Gasteiger partial charge in [0.25, 0.3) is 0 Å². The molecule has 0 spiro atoms. The lowest BCUT2D eigenvalue weighted by molar-refractivity contribution is 0.0523. The largest absolute Gasteiger partial charge is 0.464 e. The molecule has 5 heteroatoms. The molecule has 2 aromatic carbocycles. The van der Waals surface area contributed by atoms with Gasteiger partial charge >= 0.3 is 6.09 Å². The summed E-state index contributed by atoms with van der Waals surface area (Å²) in [5.41, 5.74) is 4.28. The standard InChI is InChI=1S/C22H25NO4.C2H6/c1-22(2,3)27-21(25)23-14-16-5-4-6-17(12-16)19-13-15(7-9-24)11-18-8-10-26-20(18)19;1-2/h4-6,8,10-13,24H,7,9,14H2,1-3H3,(H,23,25);1-2H3. The third-order valence-electron chi connectivity index (χ3n) is 4.09. The second-order valence-electron chi connectivity index (χ2n) is 7.51. The van der Waals surface area contributed by atoms with E-state index in [4.69, 9.17) is 9.15 Å². The van der Waals surface area contributed by atoms with Gasteiger partial charge in [0.05, 0.1) is 6.26 Å². The molecule has 0 radical (unpaired) electrons. The Labute approximate surface area is 172 Å². The molecule has 5 nitrogen and oxygen atoms in total. The highest BCUT2D eigenvalue weighted by molar-refractivity contribution is 5.93. The van der Waals surface area contributed by atoms with Gasteiger partial charge in [-0.15, -0.1) is 0 Å². The Kier molecular flexibility index (Phi) is 7.85. The number of benzene rings is 2. The van der Waals surface area contributed by atoms with Crippen molar-refractivity contribution in [3.05, 3.63) is 59.9 Å². The lowest BCUT2D eigenvalue weighted by Gasteiger charge is -2.19. The maximum atomic E-state index is 11.9. The Hall–Kier alpha value is -2.79. The van der Waals surface area contributed by atoms with Crippen molar-refractivity contribution >= 4 is 17.1 Å². The van der Waals surface area contributed by atoms with E-state index in [1.807, 2.05) is 77.1 Å². The zero-order valence-corrected chi connectivity index (χ0v) is 17.9. The van der Waals surface area contributed by atoms with Crippen LogP contribution in [0, 0.1) is 0 Å². The van der Waals surface area contributed by atoms with Gasteiger partial charge in [-0.3, -0.25) is 0 Å². The number of amides is 1. The molecule has 0 bridgehead atoms. The summed E-state index contributed by atoms with van der Waals surface area (Å²) in [5, 5.41) is 13.1. The summed E-state index contributed by atoms with van der Waals surface area (Å²) in [6.07, 6.45) is 1.82.